The molecule has 0 spiro atoms. The topological polar surface area (TPSA) is 55.8 Å². The largest absolute Gasteiger partial charge is 0.457 e. The molecule has 4 nitrogen and oxygen atoms in total. The van der Waals surface area contributed by atoms with Crippen LogP contribution in [-0.2, 0) is 14.3 Å². The van der Waals surface area contributed by atoms with Crippen molar-refractivity contribution in [2.45, 2.75) is 155 Å². The number of rotatable bonds is 32. The Morgan fingerprint density at radius 3 is 1.55 bits per heavy atom. The van der Waals surface area contributed by atoms with E-state index in [9.17, 15) is 9.90 Å². The van der Waals surface area contributed by atoms with Gasteiger partial charge in [-0.2, -0.15) is 0 Å². The van der Waals surface area contributed by atoms with Gasteiger partial charge in [0.15, 0.2) is 0 Å². The minimum absolute atomic E-state index is 0.185. The minimum atomic E-state index is -0.547. The molecule has 0 aromatic heterocycles. The van der Waals surface area contributed by atoms with Crippen molar-refractivity contribution in [2.24, 2.45) is 0 Å². The lowest BCUT2D eigenvalue weighted by molar-refractivity contribution is -0.154. The Balaban J connectivity index is 3.58. The van der Waals surface area contributed by atoms with Gasteiger partial charge in [0.25, 0.3) is 0 Å². The summed E-state index contributed by atoms with van der Waals surface area (Å²) in [5.41, 5.74) is 0. The van der Waals surface area contributed by atoms with E-state index in [1.165, 1.54) is 51.4 Å². The second-order valence-corrected chi connectivity index (χ2v) is 11.6. The average molecular weight is 613 g/mol. The highest BCUT2D eigenvalue weighted by molar-refractivity contribution is 5.69. The Bertz CT molecular complexity index is 774. The molecule has 0 aromatic rings. The molecule has 0 fully saturated rings. The number of aliphatic hydroxyl groups is 1. The predicted molar refractivity (Wildman–Crippen MR) is 191 cm³/mol. The number of carbonyl (C=O) groups excluding carboxylic acids is 1. The first-order valence-electron chi connectivity index (χ1n) is 18.0. The van der Waals surface area contributed by atoms with Crippen LogP contribution in [0.1, 0.15) is 149 Å². The van der Waals surface area contributed by atoms with Gasteiger partial charge in [-0.25, -0.2) is 0 Å². The van der Waals surface area contributed by atoms with Gasteiger partial charge >= 0.3 is 5.97 Å². The lowest BCUT2D eigenvalue weighted by Crippen LogP contribution is -2.27. The maximum atomic E-state index is 12.1. The number of allylic oxidation sites excluding steroid dienone is 12. The molecule has 0 heterocycles. The Labute approximate surface area is 272 Å². The molecule has 0 saturated carbocycles. The van der Waals surface area contributed by atoms with Gasteiger partial charge in [-0.15, -0.1) is 0 Å². The zero-order chi connectivity index (χ0) is 32.0. The van der Waals surface area contributed by atoms with Crippen LogP contribution in [0.4, 0.5) is 0 Å². The summed E-state index contributed by atoms with van der Waals surface area (Å²) < 4.78 is 11.0. The fourth-order valence-corrected chi connectivity index (χ4v) is 4.62. The van der Waals surface area contributed by atoms with Gasteiger partial charge in [0.1, 0.15) is 6.10 Å². The van der Waals surface area contributed by atoms with Gasteiger partial charge in [-0.1, -0.05) is 151 Å². The first-order valence-corrected chi connectivity index (χ1v) is 18.0. The molecular weight excluding hydrogens is 544 g/mol. The monoisotopic (exact) mass is 613 g/mol. The first kappa shape index (κ1) is 41.8. The standard InChI is InChI=1S/C40H68O4/c1-3-5-7-9-11-13-14-15-16-17-18-19-20-21-22-23-24-25-26-27-29-31-33-35-40(42)44-39(37-41)38-43-36-34-32-30-28-12-10-8-6-4-2/h5,7,11,13,15-16,18-19,21-22,24-25,39,41H,3-4,6,8-10,12,14,17,20,23,26-38H2,1-2H3/b7-5-,13-11-,16-15-,19-18-,22-21-,25-24-. The van der Waals surface area contributed by atoms with Crippen molar-refractivity contribution >= 4 is 5.97 Å². The minimum Gasteiger partial charge on any atom is -0.457 e. The number of aliphatic hydroxyl groups excluding tert-OH is 1. The fourth-order valence-electron chi connectivity index (χ4n) is 4.62. The summed E-state index contributed by atoms with van der Waals surface area (Å²) >= 11 is 0. The van der Waals surface area contributed by atoms with Crippen LogP contribution in [0.15, 0.2) is 72.9 Å². The van der Waals surface area contributed by atoms with E-state index in [-0.39, 0.29) is 19.2 Å². The van der Waals surface area contributed by atoms with E-state index in [0.29, 0.717) is 13.0 Å². The van der Waals surface area contributed by atoms with Crippen LogP contribution in [0, 0.1) is 0 Å². The van der Waals surface area contributed by atoms with Crippen molar-refractivity contribution < 1.29 is 19.4 Å². The number of esters is 1. The van der Waals surface area contributed by atoms with E-state index in [1.54, 1.807) is 0 Å². The highest BCUT2D eigenvalue weighted by Gasteiger charge is 2.13. The molecule has 1 atom stereocenters. The third-order valence-corrected chi connectivity index (χ3v) is 7.30. The summed E-state index contributed by atoms with van der Waals surface area (Å²) in [6, 6.07) is 0. The Hall–Kier alpha value is -2.17. The second kappa shape index (κ2) is 37.0. The Kier molecular flexibility index (Phi) is 35.2. The van der Waals surface area contributed by atoms with Gasteiger partial charge < -0.3 is 14.6 Å². The van der Waals surface area contributed by atoms with Gasteiger partial charge in [-0.3, -0.25) is 4.79 Å². The van der Waals surface area contributed by atoms with Gasteiger partial charge in [0.05, 0.1) is 13.2 Å². The molecule has 0 aliphatic heterocycles. The molecule has 0 rings (SSSR count). The van der Waals surface area contributed by atoms with Gasteiger partial charge in [0, 0.05) is 13.0 Å². The predicted octanol–water partition coefficient (Wildman–Crippen LogP) is 11.5. The van der Waals surface area contributed by atoms with E-state index in [2.05, 4.69) is 86.8 Å². The molecule has 44 heavy (non-hydrogen) atoms. The summed E-state index contributed by atoms with van der Waals surface area (Å²) in [5.74, 6) is -0.229. The summed E-state index contributed by atoms with van der Waals surface area (Å²) in [6.07, 6.45) is 49.4. The number of ether oxygens (including phenoxy) is 2. The molecule has 252 valence electrons. The third-order valence-electron chi connectivity index (χ3n) is 7.30. The first-order chi connectivity index (χ1) is 21.7. The molecule has 1 N–H and O–H groups in total. The Morgan fingerprint density at radius 2 is 1.02 bits per heavy atom. The highest BCUT2D eigenvalue weighted by atomic mass is 16.6. The van der Waals surface area contributed by atoms with Crippen LogP contribution in [0.25, 0.3) is 0 Å². The molecule has 0 radical (unpaired) electrons. The van der Waals surface area contributed by atoms with E-state index in [1.807, 2.05) is 0 Å². The van der Waals surface area contributed by atoms with Crippen LogP contribution >= 0.6 is 0 Å². The fraction of sp³-hybridized carbons (Fsp3) is 0.675. The van der Waals surface area contributed by atoms with Gasteiger partial charge in [0.2, 0.25) is 0 Å². The maximum Gasteiger partial charge on any atom is 0.306 e. The molecule has 0 bridgehead atoms. The lowest BCUT2D eigenvalue weighted by atomic mass is 10.1. The van der Waals surface area contributed by atoms with Crippen LogP contribution < -0.4 is 0 Å². The number of hydrogen-bond donors (Lipinski definition) is 1. The zero-order valence-corrected chi connectivity index (χ0v) is 28.6. The Morgan fingerprint density at radius 1 is 0.568 bits per heavy atom. The summed E-state index contributed by atoms with van der Waals surface area (Å²) in [4.78, 5) is 12.1. The molecule has 4 heteroatoms. The third kappa shape index (κ3) is 34.3. The van der Waals surface area contributed by atoms with E-state index in [0.717, 1.165) is 77.0 Å². The highest BCUT2D eigenvalue weighted by Crippen LogP contribution is 2.11. The molecule has 0 aliphatic rings. The zero-order valence-electron chi connectivity index (χ0n) is 28.6. The van der Waals surface area contributed by atoms with Crippen molar-refractivity contribution in [3.63, 3.8) is 0 Å². The summed E-state index contributed by atoms with van der Waals surface area (Å²) in [6.45, 7) is 5.17. The van der Waals surface area contributed by atoms with Crippen LogP contribution in [-0.4, -0.2) is 37.0 Å². The van der Waals surface area contributed by atoms with Crippen molar-refractivity contribution in [3.05, 3.63) is 72.9 Å². The van der Waals surface area contributed by atoms with Crippen LogP contribution in [0.2, 0.25) is 0 Å². The summed E-state index contributed by atoms with van der Waals surface area (Å²) in [7, 11) is 0. The van der Waals surface area contributed by atoms with Crippen LogP contribution in [0.5, 0.6) is 0 Å². The van der Waals surface area contributed by atoms with E-state index >= 15 is 0 Å². The van der Waals surface area contributed by atoms with E-state index in [4.69, 9.17) is 9.47 Å². The van der Waals surface area contributed by atoms with Gasteiger partial charge in [-0.05, 0) is 64.2 Å². The number of unbranched alkanes of at least 4 members (excludes halogenated alkanes) is 12. The van der Waals surface area contributed by atoms with Crippen molar-refractivity contribution in [1.29, 1.82) is 0 Å². The number of carbonyl (C=O) groups is 1. The molecule has 0 aromatic carbocycles. The van der Waals surface area contributed by atoms with E-state index < -0.39 is 6.10 Å². The smallest absolute Gasteiger partial charge is 0.306 e. The lowest BCUT2D eigenvalue weighted by Gasteiger charge is -2.15. The molecule has 0 saturated heterocycles. The molecular formula is C40H68O4. The maximum absolute atomic E-state index is 12.1. The quantitative estimate of drug-likeness (QED) is 0.0466. The number of hydrogen-bond acceptors (Lipinski definition) is 4. The summed E-state index contributed by atoms with van der Waals surface area (Å²) in [5, 5.41) is 9.52. The average Bonchev–Trinajstić information content (AvgIpc) is 3.03. The molecule has 0 aliphatic carbocycles. The van der Waals surface area contributed by atoms with Crippen LogP contribution in [0.3, 0.4) is 0 Å². The molecule has 0 amide bonds. The van der Waals surface area contributed by atoms with Crippen molar-refractivity contribution in [2.75, 3.05) is 19.8 Å². The second-order valence-electron chi connectivity index (χ2n) is 11.6. The molecule has 1 unspecified atom stereocenters. The SMILES string of the molecule is CC/C=C\C/C=C\C/C=C\C/C=C\C/C=C\C/C=C\CCCCCCC(=O)OC(CO)COCCCCCCCCCCC. The normalized spacial score (nSPS) is 13.2. The van der Waals surface area contributed by atoms with Crippen molar-refractivity contribution in [1.82, 2.24) is 0 Å². The van der Waals surface area contributed by atoms with Crippen molar-refractivity contribution in [3.8, 4) is 0 Å².